The van der Waals surface area contributed by atoms with E-state index in [1.165, 1.54) is 18.2 Å². The molecule has 7 nitrogen and oxygen atoms in total. The number of aromatic nitrogens is 2. The first-order valence-corrected chi connectivity index (χ1v) is 9.24. The Balaban J connectivity index is 1.99. The number of halogens is 1. The maximum Gasteiger partial charge on any atom is 0.259 e. The number of aromatic carboxylic acids is 1. The zero-order chi connectivity index (χ0) is 21.0. The molecule has 3 rings (SSSR count). The minimum Gasteiger partial charge on any atom is -0.545 e. The van der Waals surface area contributed by atoms with Gasteiger partial charge >= 0.3 is 0 Å². The summed E-state index contributed by atoms with van der Waals surface area (Å²) in [6.07, 6.45) is 2.48. The van der Waals surface area contributed by atoms with Crippen LogP contribution in [0.4, 0.5) is 0 Å². The van der Waals surface area contributed by atoms with Gasteiger partial charge in [0.15, 0.2) is 17.3 Å². The maximum absolute atomic E-state index is 12.3. The third-order valence-electron chi connectivity index (χ3n) is 4.11. The molecule has 3 aromatic rings. The van der Waals surface area contributed by atoms with Gasteiger partial charge in [-0.15, -0.1) is 0 Å². The van der Waals surface area contributed by atoms with Crippen molar-refractivity contribution in [2.45, 2.75) is 13.3 Å². The van der Waals surface area contributed by atoms with Crippen LogP contribution in [-0.2, 0) is 0 Å². The minimum absolute atomic E-state index is 0.0749. The molecule has 0 spiro atoms. The van der Waals surface area contributed by atoms with Crippen molar-refractivity contribution < 1.29 is 19.4 Å². The standard InChI is InChI=1S/C21H19ClN2O5/c1-3-8-29-17-7-4-12(10-18(17)28-2)9-15(22)19-23-16-11-13(21(26)27)5-6-14(16)20(25)24-19/h4-7,9-11H,3,8H2,1-2H3,(H,26,27)(H,23,24,25)/p-1/b15-9-. The van der Waals surface area contributed by atoms with Gasteiger partial charge < -0.3 is 24.4 Å². The van der Waals surface area contributed by atoms with Gasteiger partial charge in [-0.1, -0.05) is 30.7 Å². The number of hydrogen-bond donors (Lipinski definition) is 1. The average Bonchev–Trinajstić information content (AvgIpc) is 2.72. The summed E-state index contributed by atoms with van der Waals surface area (Å²) in [4.78, 5) is 30.2. The Hall–Kier alpha value is -3.32. The smallest absolute Gasteiger partial charge is 0.259 e. The number of nitrogens with zero attached hydrogens (tertiary/aromatic N) is 1. The molecule has 150 valence electrons. The molecule has 0 fully saturated rings. The lowest BCUT2D eigenvalue weighted by atomic mass is 10.1. The summed E-state index contributed by atoms with van der Waals surface area (Å²) in [5.74, 6) is -0.0653. The van der Waals surface area contributed by atoms with Gasteiger partial charge in [-0.05, 0) is 47.9 Å². The van der Waals surface area contributed by atoms with E-state index in [0.29, 0.717) is 23.7 Å². The highest BCUT2D eigenvalue weighted by molar-refractivity contribution is 6.50. The third-order valence-corrected chi connectivity index (χ3v) is 4.40. The first-order valence-electron chi connectivity index (χ1n) is 8.86. The summed E-state index contributed by atoms with van der Waals surface area (Å²) < 4.78 is 11.0. The quantitative estimate of drug-likeness (QED) is 0.638. The molecule has 29 heavy (non-hydrogen) atoms. The fourth-order valence-electron chi connectivity index (χ4n) is 2.70. The van der Waals surface area contributed by atoms with E-state index in [0.717, 1.165) is 6.42 Å². The summed E-state index contributed by atoms with van der Waals surface area (Å²) >= 11 is 6.36. The van der Waals surface area contributed by atoms with Gasteiger partial charge in [0, 0.05) is 0 Å². The molecule has 0 bridgehead atoms. The number of carbonyl (C=O) groups excluding carboxylic acids is 1. The minimum atomic E-state index is -1.35. The number of hydrogen-bond acceptors (Lipinski definition) is 6. The molecule has 0 saturated carbocycles. The number of ether oxygens (including phenoxy) is 2. The predicted octanol–water partition coefficient (Wildman–Crippen LogP) is 2.82. The lowest BCUT2D eigenvalue weighted by molar-refractivity contribution is -0.255. The number of fused-ring (bicyclic) bond motifs is 1. The van der Waals surface area contributed by atoms with Crippen LogP contribution in [-0.4, -0.2) is 29.7 Å². The van der Waals surface area contributed by atoms with Gasteiger partial charge in [0.1, 0.15) is 0 Å². The Kier molecular flexibility index (Phi) is 6.19. The van der Waals surface area contributed by atoms with Crippen LogP contribution in [0.2, 0.25) is 0 Å². The summed E-state index contributed by atoms with van der Waals surface area (Å²) in [5, 5.41) is 11.5. The highest BCUT2D eigenvalue weighted by Gasteiger charge is 2.10. The van der Waals surface area contributed by atoms with Crippen molar-refractivity contribution in [2.24, 2.45) is 0 Å². The Morgan fingerprint density at radius 1 is 1.24 bits per heavy atom. The van der Waals surface area contributed by atoms with Crippen molar-refractivity contribution in [3.63, 3.8) is 0 Å². The molecule has 0 aliphatic rings. The van der Waals surface area contributed by atoms with Crippen LogP contribution < -0.4 is 20.1 Å². The van der Waals surface area contributed by atoms with Gasteiger partial charge in [-0.25, -0.2) is 4.98 Å². The van der Waals surface area contributed by atoms with E-state index in [2.05, 4.69) is 9.97 Å². The topological polar surface area (TPSA) is 104 Å². The normalized spacial score (nSPS) is 11.5. The molecule has 0 amide bonds. The molecule has 0 aliphatic heterocycles. The van der Waals surface area contributed by atoms with Crippen LogP contribution in [0, 0.1) is 0 Å². The van der Waals surface area contributed by atoms with E-state index in [9.17, 15) is 14.7 Å². The molecule has 0 aliphatic carbocycles. The highest BCUT2D eigenvalue weighted by atomic mass is 35.5. The Morgan fingerprint density at radius 2 is 2.03 bits per heavy atom. The van der Waals surface area contributed by atoms with Gasteiger partial charge in [0.25, 0.3) is 5.56 Å². The van der Waals surface area contributed by atoms with Crippen molar-refractivity contribution in [1.29, 1.82) is 0 Å². The van der Waals surface area contributed by atoms with Gasteiger partial charge in [-0.2, -0.15) is 0 Å². The number of carboxylic acids is 1. The van der Waals surface area contributed by atoms with Crippen molar-refractivity contribution in [3.05, 3.63) is 63.7 Å². The number of carbonyl (C=O) groups is 1. The van der Waals surface area contributed by atoms with Gasteiger partial charge in [-0.3, -0.25) is 4.79 Å². The van der Waals surface area contributed by atoms with Gasteiger partial charge in [0.2, 0.25) is 0 Å². The summed E-state index contributed by atoms with van der Waals surface area (Å²) in [5.41, 5.74) is 0.413. The molecule has 0 radical (unpaired) electrons. The highest BCUT2D eigenvalue weighted by Crippen LogP contribution is 2.30. The van der Waals surface area contributed by atoms with Crippen LogP contribution in [0.15, 0.2) is 41.2 Å². The predicted molar refractivity (Wildman–Crippen MR) is 109 cm³/mol. The van der Waals surface area contributed by atoms with Crippen LogP contribution in [0.5, 0.6) is 11.5 Å². The second-order valence-electron chi connectivity index (χ2n) is 6.18. The van der Waals surface area contributed by atoms with Gasteiger partial charge in [0.05, 0.1) is 35.6 Å². The lowest BCUT2D eigenvalue weighted by Crippen LogP contribution is -2.22. The van der Waals surface area contributed by atoms with Crippen LogP contribution in [0.3, 0.4) is 0 Å². The largest absolute Gasteiger partial charge is 0.545 e. The molecule has 1 N–H and O–H groups in total. The fraction of sp³-hybridized carbons (Fsp3) is 0.190. The zero-order valence-corrected chi connectivity index (χ0v) is 16.6. The number of H-pyrrole nitrogens is 1. The van der Waals surface area contributed by atoms with Crippen molar-refractivity contribution >= 4 is 39.6 Å². The zero-order valence-electron chi connectivity index (χ0n) is 15.8. The molecule has 1 aromatic heterocycles. The molecular formula is C21H18ClN2O5-. The second kappa shape index (κ2) is 8.79. The van der Waals surface area contributed by atoms with E-state index in [4.69, 9.17) is 21.1 Å². The SMILES string of the molecule is CCCOc1ccc(/C=C(\Cl)c2nc3cc(C(=O)[O-])ccc3c(=O)[nH]2)cc1OC. The first-order chi connectivity index (χ1) is 13.9. The number of rotatable bonds is 7. The van der Waals surface area contributed by atoms with E-state index in [1.54, 1.807) is 31.4 Å². The molecule has 8 heteroatoms. The third kappa shape index (κ3) is 4.57. The Labute approximate surface area is 171 Å². The number of aromatic amines is 1. The molecule has 0 unspecified atom stereocenters. The first kappa shape index (κ1) is 20.4. The number of methoxy groups -OCH3 is 1. The van der Waals surface area contributed by atoms with E-state index in [-0.39, 0.29) is 27.3 Å². The fourth-order valence-corrected chi connectivity index (χ4v) is 2.91. The number of carboxylic acid groups (broad SMARTS) is 1. The van der Waals surface area contributed by atoms with Crippen LogP contribution >= 0.6 is 11.6 Å². The van der Waals surface area contributed by atoms with E-state index in [1.807, 2.05) is 6.92 Å². The van der Waals surface area contributed by atoms with Crippen molar-refractivity contribution in [2.75, 3.05) is 13.7 Å². The molecular weight excluding hydrogens is 396 g/mol. The number of benzene rings is 2. The average molecular weight is 414 g/mol. The molecule has 0 atom stereocenters. The van der Waals surface area contributed by atoms with Crippen molar-refractivity contribution in [1.82, 2.24) is 9.97 Å². The molecule has 2 aromatic carbocycles. The second-order valence-corrected chi connectivity index (χ2v) is 6.59. The van der Waals surface area contributed by atoms with Crippen molar-refractivity contribution in [3.8, 4) is 11.5 Å². The summed E-state index contributed by atoms with van der Waals surface area (Å²) in [7, 11) is 1.54. The van der Waals surface area contributed by atoms with Crippen LogP contribution in [0.1, 0.15) is 35.1 Å². The monoisotopic (exact) mass is 413 g/mol. The summed E-state index contributed by atoms with van der Waals surface area (Å²) in [6.45, 7) is 2.58. The summed E-state index contributed by atoms with van der Waals surface area (Å²) in [6, 6.07) is 9.27. The Bertz CT molecular complexity index is 1150. The Morgan fingerprint density at radius 3 is 2.72 bits per heavy atom. The lowest BCUT2D eigenvalue weighted by Gasteiger charge is -2.10. The maximum atomic E-state index is 12.3. The number of nitrogens with one attached hydrogen (secondary N) is 1. The molecule has 1 heterocycles. The molecule has 0 saturated heterocycles. The van der Waals surface area contributed by atoms with E-state index >= 15 is 0 Å². The van der Waals surface area contributed by atoms with Crippen LogP contribution in [0.25, 0.3) is 22.0 Å². The van der Waals surface area contributed by atoms with E-state index < -0.39 is 11.5 Å².